The second kappa shape index (κ2) is 6.25. The fourth-order valence-corrected chi connectivity index (χ4v) is 3.85. The van der Waals surface area contributed by atoms with Gasteiger partial charge in [0.05, 0.1) is 6.10 Å². The largest absolute Gasteiger partial charge is 0.393 e. The lowest BCUT2D eigenvalue weighted by atomic mass is 9.84. The van der Waals surface area contributed by atoms with E-state index in [1.807, 2.05) is 0 Å². The number of aliphatic hydroxyl groups excluding tert-OH is 1. The number of hydrogen-bond acceptors (Lipinski definition) is 4. The van der Waals surface area contributed by atoms with Gasteiger partial charge in [-0.2, -0.15) is 4.98 Å². The van der Waals surface area contributed by atoms with Crippen LogP contribution >= 0.6 is 0 Å². The second-order valence-corrected chi connectivity index (χ2v) is 6.65. The molecule has 1 heterocycles. The summed E-state index contributed by atoms with van der Waals surface area (Å²) < 4.78 is 5.42. The van der Waals surface area contributed by atoms with E-state index in [-0.39, 0.29) is 6.10 Å². The highest BCUT2D eigenvalue weighted by Crippen LogP contribution is 2.38. The molecule has 2 aliphatic rings. The van der Waals surface area contributed by atoms with E-state index < -0.39 is 0 Å². The van der Waals surface area contributed by atoms with E-state index in [2.05, 4.69) is 17.1 Å². The quantitative estimate of drug-likeness (QED) is 0.916. The molecule has 2 fully saturated rings. The number of hydrogen-bond donors (Lipinski definition) is 1. The summed E-state index contributed by atoms with van der Waals surface area (Å²) in [6.45, 7) is 2.26. The van der Waals surface area contributed by atoms with Gasteiger partial charge in [-0.25, -0.2) is 0 Å². The lowest BCUT2D eigenvalue weighted by Crippen LogP contribution is -2.26. The standard InChI is InChI=1S/C16H26N2O2/c1-2-11-7-8-13(9-11)16-17-15(20-18-16)10-12-5-3-4-6-14(12)19/h11-14,19H,2-10H2,1H3. The molecule has 0 saturated heterocycles. The Balaban J connectivity index is 1.59. The molecule has 0 aliphatic heterocycles. The third-order valence-electron chi connectivity index (χ3n) is 5.27. The summed E-state index contributed by atoms with van der Waals surface area (Å²) in [6, 6.07) is 0. The summed E-state index contributed by atoms with van der Waals surface area (Å²) in [4.78, 5) is 4.60. The van der Waals surface area contributed by atoms with Crippen LogP contribution in [0.4, 0.5) is 0 Å². The molecule has 4 heteroatoms. The highest BCUT2D eigenvalue weighted by Gasteiger charge is 2.30. The predicted molar refractivity (Wildman–Crippen MR) is 76.3 cm³/mol. The summed E-state index contributed by atoms with van der Waals surface area (Å²) in [7, 11) is 0. The zero-order chi connectivity index (χ0) is 13.9. The van der Waals surface area contributed by atoms with Gasteiger partial charge in [-0.1, -0.05) is 31.3 Å². The first-order valence-electron chi connectivity index (χ1n) is 8.26. The minimum Gasteiger partial charge on any atom is -0.393 e. The molecule has 0 bridgehead atoms. The zero-order valence-corrected chi connectivity index (χ0v) is 12.4. The topological polar surface area (TPSA) is 59.2 Å². The van der Waals surface area contributed by atoms with Crippen LogP contribution in [0.3, 0.4) is 0 Å². The Morgan fingerprint density at radius 3 is 2.80 bits per heavy atom. The summed E-state index contributed by atoms with van der Waals surface area (Å²) in [6.07, 6.45) is 9.89. The van der Waals surface area contributed by atoms with E-state index in [4.69, 9.17) is 4.52 Å². The molecular formula is C16H26N2O2. The zero-order valence-electron chi connectivity index (χ0n) is 12.4. The smallest absolute Gasteiger partial charge is 0.227 e. The second-order valence-electron chi connectivity index (χ2n) is 6.65. The lowest BCUT2D eigenvalue weighted by Gasteiger charge is -2.26. The Morgan fingerprint density at radius 2 is 2.05 bits per heavy atom. The highest BCUT2D eigenvalue weighted by molar-refractivity contribution is 5.00. The Labute approximate surface area is 121 Å². The normalized spacial score (nSPS) is 34.5. The molecule has 2 aliphatic carbocycles. The minimum atomic E-state index is -0.185. The number of nitrogens with zero attached hydrogens (tertiary/aromatic N) is 2. The molecule has 1 aromatic rings. The summed E-state index contributed by atoms with van der Waals surface area (Å²) in [5.41, 5.74) is 0. The van der Waals surface area contributed by atoms with Gasteiger partial charge in [-0.05, 0) is 43.9 Å². The Hall–Kier alpha value is -0.900. The van der Waals surface area contributed by atoms with E-state index in [1.165, 1.54) is 32.1 Å². The molecule has 112 valence electrons. The molecule has 1 N–H and O–H groups in total. The van der Waals surface area contributed by atoms with Crippen LogP contribution in [-0.2, 0) is 6.42 Å². The molecule has 0 amide bonds. The predicted octanol–water partition coefficient (Wildman–Crippen LogP) is 3.46. The molecule has 20 heavy (non-hydrogen) atoms. The first-order valence-corrected chi connectivity index (χ1v) is 8.26. The van der Waals surface area contributed by atoms with Gasteiger partial charge >= 0.3 is 0 Å². The summed E-state index contributed by atoms with van der Waals surface area (Å²) >= 11 is 0. The van der Waals surface area contributed by atoms with Crippen LogP contribution in [0.25, 0.3) is 0 Å². The van der Waals surface area contributed by atoms with E-state index in [1.54, 1.807) is 0 Å². The van der Waals surface area contributed by atoms with E-state index >= 15 is 0 Å². The first kappa shape index (κ1) is 14.1. The molecule has 1 aromatic heterocycles. The van der Waals surface area contributed by atoms with Crippen molar-refractivity contribution in [1.82, 2.24) is 10.1 Å². The van der Waals surface area contributed by atoms with Crippen molar-refractivity contribution in [2.24, 2.45) is 11.8 Å². The van der Waals surface area contributed by atoms with Gasteiger partial charge in [-0.15, -0.1) is 0 Å². The molecular weight excluding hydrogens is 252 g/mol. The van der Waals surface area contributed by atoms with Crippen LogP contribution in [-0.4, -0.2) is 21.4 Å². The monoisotopic (exact) mass is 278 g/mol. The van der Waals surface area contributed by atoms with E-state index in [9.17, 15) is 5.11 Å². The van der Waals surface area contributed by atoms with Crippen LogP contribution in [0.1, 0.15) is 75.9 Å². The van der Waals surface area contributed by atoms with Crippen molar-refractivity contribution in [2.45, 2.75) is 76.7 Å². The molecule has 4 nitrogen and oxygen atoms in total. The number of aliphatic hydroxyl groups is 1. The van der Waals surface area contributed by atoms with Gasteiger partial charge in [0.15, 0.2) is 5.82 Å². The number of rotatable bonds is 4. The van der Waals surface area contributed by atoms with Crippen LogP contribution < -0.4 is 0 Å². The molecule has 2 saturated carbocycles. The van der Waals surface area contributed by atoms with Crippen molar-refractivity contribution in [3.63, 3.8) is 0 Å². The molecule has 0 radical (unpaired) electrons. The van der Waals surface area contributed by atoms with Gasteiger partial charge in [0.1, 0.15) is 0 Å². The maximum atomic E-state index is 10.0. The third kappa shape index (κ3) is 3.05. The van der Waals surface area contributed by atoms with Crippen LogP contribution in [0.5, 0.6) is 0 Å². The van der Waals surface area contributed by atoms with E-state index in [0.29, 0.717) is 11.8 Å². The SMILES string of the molecule is CCC1CCC(c2noc(CC3CCCCC3O)n2)C1. The van der Waals surface area contributed by atoms with Crippen LogP contribution in [0.15, 0.2) is 4.52 Å². The van der Waals surface area contributed by atoms with Gasteiger partial charge in [-0.3, -0.25) is 0 Å². The Bertz CT molecular complexity index is 432. The van der Waals surface area contributed by atoms with Crippen molar-refractivity contribution < 1.29 is 9.63 Å². The minimum absolute atomic E-state index is 0.185. The maximum Gasteiger partial charge on any atom is 0.227 e. The molecule has 4 unspecified atom stereocenters. The first-order chi connectivity index (χ1) is 9.76. The fourth-order valence-electron chi connectivity index (χ4n) is 3.85. The Kier molecular flexibility index (Phi) is 4.39. The third-order valence-corrected chi connectivity index (χ3v) is 5.27. The molecule has 0 spiro atoms. The van der Waals surface area contributed by atoms with E-state index in [0.717, 1.165) is 43.3 Å². The average Bonchev–Trinajstić information content (AvgIpc) is 3.10. The highest BCUT2D eigenvalue weighted by atomic mass is 16.5. The van der Waals surface area contributed by atoms with Crippen molar-refractivity contribution in [2.75, 3.05) is 0 Å². The maximum absolute atomic E-state index is 10.0. The van der Waals surface area contributed by atoms with Gasteiger partial charge in [0.25, 0.3) is 0 Å². The lowest BCUT2D eigenvalue weighted by molar-refractivity contribution is 0.0657. The molecule has 3 rings (SSSR count). The summed E-state index contributed by atoms with van der Waals surface area (Å²) in [5.74, 6) is 3.27. The van der Waals surface area contributed by atoms with Crippen molar-refractivity contribution >= 4 is 0 Å². The van der Waals surface area contributed by atoms with Crippen molar-refractivity contribution in [1.29, 1.82) is 0 Å². The van der Waals surface area contributed by atoms with Crippen molar-refractivity contribution in [3.8, 4) is 0 Å². The molecule has 4 atom stereocenters. The average molecular weight is 278 g/mol. The molecule has 0 aromatic carbocycles. The van der Waals surface area contributed by atoms with Gasteiger partial charge < -0.3 is 9.63 Å². The Morgan fingerprint density at radius 1 is 1.20 bits per heavy atom. The summed E-state index contributed by atoms with van der Waals surface area (Å²) in [5, 5.41) is 14.2. The fraction of sp³-hybridized carbons (Fsp3) is 0.875. The van der Waals surface area contributed by atoms with Crippen LogP contribution in [0, 0.1) is 11.8 Å². The number of aromatic nitrogens is 2. The van der Waals surface area contributed by atoms with Gasteiger partial charge in [0, 0.05) is 12.3 Å². The van der Waals surface area contributed by atoms with Gasteiger partial charge in [0.2, 0.25) is 5.89 Å². The van der Waals surface area contributed by atoms with Crippen LogP contribution in [0.2, 0.25) is 0 Å². The van der Waals surface area contributed by atoms with Crippen molar-refractivity contribution in [3.05, 3.63) is 11.7 Å².